The van der Waals surface area contributed by atoms with Gasteiger partial charge in [-0.25, -0.2) is 4.79 Å². The van der Waals surface area contributed by atoms with Gasteiger partial charge in [-0.05, 0) is 49.8 Å². The van der Waals surface area contributed by atoms with Crippen LogP contribution < -0.4 is 5.32 Å². The second-order valence-electron chi connectivity index (χ2n) is 4.81. The molecule has 1 aliphatic rings. The van der Waals surface area contributed by atoms with E-state index in [0.29, 0.717) is 11.5 Å². The number of carboxylic acids is 1. The van der Waals surface area contributed by atoms with Crippen LogP contribution in [0.4, 0.5) is 5.69 Å². The summed E-state index contributed by atoms with van der Waals surface area (Å²) in [4.78, 5) is 11.0. The summed E-state index contributed by atoms with van der Waals surface area (Å²) in [7, 11) is 0. The highest BCUT2D eigenvalue weighted by atomic mass is 16.4. The Bertz CT molecular complexity index is 466. The van der Waals surface area contributed by atoms with E-state index in [1.54, 1.807) is 12.1 Å². The van der Waals surface area contributed by atoms with Gasteiger partial charge in [-0.3, -0.25) is 0 Å². The Balaban J connectivity index is 2.03. The van der Waals surface area contributed by atoms with Crippen molar-refractivity contribution in [3.63, 3.8) is 0 Å². The van der Waals surface area contributed by atoms with Crippen LogP contribution in [0.5, 0.6) is 0 Å². The van der Waals surface area contributed by atoms with Gasteiger partial charge in [0.25, 0.3) is 0 Å². The molecular formula is C15H19NO2. The van der Waals surface area contributed by atoms with Crippen LogP contribution in [0.2, 0.25) is 0 Å². The highest BCUT2D eigenvalue weighted by Crippen LogP contribution is 2.22. The maximum atomic E-state index is 11.0. The molecule has 2 rings (SSSR count). The molecule has 3 heteroatoms. The minimum absolute atomic E-state index is 0.378. The third kappa shape index (κ3) is 2.92. The number of allylic oxidation sites excluding steroid dienone is 2. The average Bonchev–Trinajstić information content (AvgIpc) is 2.38. The molecule has 0 radical (unpaired) electrons. The van der Waals surface area contributed by atoms with Crippen LogP contribution in [0, 0.1) is 12.8 Å². The van der Waals surface area contributed by atoms with Gasteiger partial charge in [0.05, 0.1) is 5.56 Å². The molecule has 18 heavy (non-hydrogen) atoms. The van der Waals surface area contributed by atoms with E-state index < -0.39 is 5.97 Å². The monoisotopic (exact) mass is 245 g/mol. The van der Waals surface area contributed by atoms with Crippen molar-refractivity contribution in [2.45, 2.75) is 26.2 Å². The standard InChI is InChI=1S/C15H19NO2/c1-11-13(15(17)18)8-5-9-14(11)16-10-12-6-3-2-4-7-12/h2-3,5,8-9,12,16H,4,6-7,10H2,1H3,(H,17,18). The molecule has 0 spiro atoms. The minimum atomic E-state index is -0.864. The van der Waals surface area contributed by atoms with Crippen LogP contribution >= 0.6 is 0 Å². The fourth-order valence-electron chi connectivity index (χ4n) is 2.35. The molecule has 0 saturated heterocycles. The molecule has 0 fully saturated rings. The Labute approximate surface area is 108 Å². The zero-order chi connectivity index (χ0) is 13.0. The molecule has 0 aliphatic heterocycles. The normalized spacial score (nSPS) is 18.6. The van der Waals surface area contributed by atoms with Crippen molar-refractivity contribution >= 4 is 11.7 Å². The van der Waals surface area contributed by atoms with Gasteiger partial charge in [-0.1, -0.05) is 18.2 Å². The number of nitrogens with one attached hydrogen (secondary N) is 1. The SMILES string of the molecule is Cc1c(NCC2CC=CCC2)cccc1C(=O)O. The number of benzene rings is 1. The topological polar surface area (TPSA) is 49.3 Å². The number of carboxylic acid groups (broad SMARTS) is 1. The molecule has 0 amide bonds. The molecule has 0 bridgehead atoms. The number of aromatic carboxylic acids is 1. The Hall–Kier alpha value is -1.77. The van der Waals surface area contributed by atoms with Crippen LogP contribution in [-0.2, 0) is 0 Å². The number of rotatable bonds is 4. The Kier molecular flexibility index (Phi) is 4.03. The molecule has 0 saturated carbocycles. The van der Waals surface area contributed by atoms with Gasteiger partial charge in [0.15, 0.2) is 0 Å². The van der Waals surface area contributed by atoms with E-state index >= 15 is 0 Å². The lowest BCUT2D eigenvalue weighted by Gasteiger charge is -2.20. The summed E-state index contributed by atoms with van der Waals surface area (Å²) in [6, 6.07) is 5.38. The smallest absolute Gasteiger partial charge is 0.336 e. The van der Waals surface area contributed by atoms with Gasteiger partial charge >= 0.3 is 5.97 Å². The number of anilines is 1. The van der Waals surface area contributed by atoms with Gasteiger partial charge < -0.3 is 10.4 Å². The summed E-state index contributed by atoms with van der Waals surface area (Å²) in [5, 5.41) is 12.5. The first kappa shape index (κ1) is 12.7. The third-order valence-corrected chi connectivity index (χ3v) is 3.52. The first-order valence-electron chi connectivity index (χ1n) is 6.40. The number of hydrogen-bond donors (Lipinski definition) is 2. The highest BCUT2D eigenvalue weighted by molar-refractivity contribution is 5.91. The summed E-state index contributed by atoms with van der Waals surface area (Å²) in [6.07, 6.45) is 7.94. The molecule has 1 unspecified atom stereocenters. The summed E-state index contributed by atoms with van der Waals surface area (Å²) in [5.41, 5.74) is 2.13. The van der Waals surface area contributed by atoms with Crippen molar-refractivity contribution in [2.75, 3.05) is 11.9 Å². The van der Waals surface area contributed by atoms with Crippen LogP contribution in [-0.4, -0.2) is 17.6 Å². The predicted octanol–water partition coefficient (Wildman–Crippen LogP) is 3.46. The Morgan fingerprint density at radius 3 is 2.94 bits per heavy atom. The first-order valence-corrected chi connectivity index (χ1v) is 6.40. The molecule has 0 aromatic heterocycles. The third-order valence-electron chi connectivity index (χ3n) is 3.52. The summed E-state index contributed by atoms with van der Waals surface area (Å²) in [6.45, 7) is 2.76. The van der Waals surface area contributed by atoms with Crippen LogP contribution in [0.1, 0.15) is 35.2 Å². The second-order valence-corrected chi connectivity index (χ2v) is 4.81. The molecule has 1 aromatic rings. The number of carbonyl (C=O) groups is 1. The summed E-state index contributed by atoms with van der Waals surface area (Å²) >= 11 is 0. The van der Waals surface area contributed by atoms with Crippen molar-refractivity contribution in [3.8, 4) is 0 Å². The molecule has 1 atom stereocenters. The lowest BCUT2D eigenvalue weighted by Crippen LogP contribution is -2.16. The quantitative estimate of drug-likeness (QED) is 0.799. The average molecular weight is 245 g/mol. The zero-order valence-electron chi connectivity index (χ0n) is 10.6. The second kappa shape index (κ2) is 5.71. The Morgan fingerprint density at radius 2 is 2.28 bits per heavy atom. The lowest BCUT2D eigenvalue weighted by molar-refractivity contribution is 0.0696. The molecule has 1 aliphatic carbocycles. The van der Waals surface area contributed by atoms with Crippen LogP contribution in [0.3, 0.4) is 0 Å². The summed E-state index contributed by atoms with van der Waals surface area (Å²) in [5.74, 6) is -0.209. The maximum absolute atomic E-state index is 11.0. The molecule has 2 N–H and O–H groups in total. The van der Waals surface area contributed by atoms with Crippen LogP contribution in [0.15, 0.2) is 30.4 Å². The van der Waals surface area contributed by atoms with E-state index in [9.17, 15) is 4.79 Å². The van der Waals surface area contributed by atoms with E-state index in [1.807, 2.05) is 13.0 Å². The lowest BCUT2D eigenvalue weighted by atomic mass is 9.94. The van der Waals surface area contributed by atoms with Crippen LogP contribution in [0.25, 0.3) is 0 Å². The Morgan fingerprint density at radius 1 is 1.44 bits per heavy atom. The maximum Gasteiger partial charge on any atom is 0.336 e. The fourth-order valence-corrected chi connectivity index (χ4v) is 2.35. The van der Waals surface area contributed by atoms with Gasteiger partial charge in [-0.15, -0.1) is 0 Å². The fraction of sp³-hybridized carbons (Fsp3) is 0.400. The molecule has 96 valence electrons. The van der Waals surface area contributed by atoms with Crippen molar-refractivity contribution in [2.24, 2.45) is 5.92 Å². The largest absolute Gasteiger partial charge is 0.478 e. The molecule has 3 nitrogen and oxygen atoms in total. The highest BCUT2D eigenvalue weighted by Gasteiger charge is 2.12. The minimum Gasteiger partial charge on any atom is -0.478 e. The first-order chi connectivity index (χ1) is 8.68. The van der Waals surface area contributed by atoms with Gasteiger partial charge in [0, 0.05) is 12.2 Å². The van der Waals surface area contributed by atoms with E-state index in [0.717, 1.165) is 30.6 Å². The van der Waals surface area contributed by atoms with E-state index in [-0.39, 0.29) is 0 Å². The van der Waals surface area contributed by atoms with Gasteiger partial charge in [-0.2, -0.15) is 0 Å². The zero-order valence-corrected chi connectivity index (χ0v) is 10.6. The van der Waals surface area contributed by atoms with Crippen molar-refractivity contribution in [1.82, 2.24) is 0 Å². The van der Waals surface area contributed by atoms with E-state index in [4.69, 9.17) is 5.11 Å². The number of hydrogen-bond acceptors (Lipinski definition) is 2. The summed E-state index contributed by atoms with van der Waals surface area (Å²) < 4.78 is 0. The van der Waals surface area contributed by atoms with Crippen molar-refractivity contribution in [1.29, 1.82) is 0 Å². The molecular weight excluding hydrogens is 226 g/mol. The van der Waals surface area contributed by atoms with E-state index in [2.05, 4.69) is 17.5 Å². The van der Waals surface area contributed by atoms with Crippen molar-refractivity contribution in [3.05, 3.63) is 41.5 Å². The predicted molar refractivity (Wildman–Crippen MR) is 73.1 cm³/mol. The van der Waals surface area contributed by atoms with E-state index in [1.165, 1.54) is 6.42 Å². The molecule has 1 aromatic carbocycles. The van der Waals surface area contributed by atoms with Crippen molar-refractivity contribution < 1.29 is 9.90 Å². The van der Waals surface area contributed by atoms with Gasteiger partial charge in [0.2, 0.25) is 0 Å². The van der Waals surface area contributed by atoms with Gasteiger partial charge in [0.1, 0.15) is 0 Å². The molecule has 0 heterocycles.